The van der Waals surface area contributed by atoms with Gasteiger partial charge in [0.05, 0.1) is 0 Å². The van der Waals surface area contributed by atoms with Crippen molar-refractivity contribution in [2.45, 2.75) is 26.8 Å². The van der Waals surface area contributed by atoms with Crippen LogP contribution in [-0.4, -0.2) is 17.9 Å². The molecule has 2 heteroatoms. The van der Waals surface area contributed by atoms with E-state index in [4.69, 9.17) is 0 Å². The lowest BCUT2D eigenvalue weighted by molar-refractivity contribution is 0.0785. The molecule has 2 rings (SSSR count). The highest BCUT2D eigenvalue weighted by atomic mass is 16.2. The molecule has 2 aromatic rings. The summed E-state index contributed by atoms with van der Waals surface area (Å²) in [6.45, 7) is 4.80. The van der Waals surface area contributed by atoms with E-state index in [-0.39, 0.29) is 5.91 Å². The van der Waals surface area contributed by atoms with E-state index in [1.165, 1.54) is 11.1 Å². The molecule has 2 aromatic carbocycles. The lowest BCUT2D eigenvalue weighted by Gasteiger charge is -2.17. The fourth-order valence-electron chi connectivity index (χ4n) is 2.14. The van der Waals surface area contributed by atoms with E-state index in [1.807, 2.05) is 38.2 Å². The van der Waals surface area contributed by atoms with E-state index in [0.717, 1.165) is 17.5 Å². The molecular formula is C18H21NO. The highest BCUT2D eigenvalue weighted by Gasteiger charge is 2.11. The van der Waals surface area contributed by atoms with Gasteiger partial charge in [0, 0.05) is 19.2 Å². The van der Waals surface area contributed by atoms with E-state index in [9.17, 15) is 4.79 Å². The SMILES string of the molecule is CCc1ccc(CN(C)C(=O)c2ccc(C)cc2)cc1. The highest BCUT2D eigenvalue weighted by molar-refractivity contribution is 5.94. The standard InChI is InChI=1S/C18H21NO/c1-4-15-7-9-16(10-8-15)13-19(3)18(20)17-11-5-14(2)6-12-17/h5-12H,4,13H2,1-3H3. The third-order valence-corrected chi connectivity index (χ3v) is 3.50. The molecule has 0 aliphatic rings. The molecule has 104 valence electrons. The summed E-state index contributed by atoms with van der Waals surface area (Å²) in [5.41, 5.74) is 4.38. The van der Waals surface area contributed by atoms with Gasteiger partial charge in [0.15, 0.2) is 0 Å². The van der Waals surface area contributed by atoms with Crippen LogP contribution in [0, 0.1) is 6.92 Å². The number of hydrogen-bond donors (Lipinski definition) is 0. The fourth-order valence-corrected chi connectivity index (χ4v) is 2.14. The van der Waals surface area contributed by atoms with Crippen molar-refractivity contribution in [3.05, 3.63) is 70.8 Å². The zero-order chi connectivity index (χ0) is 14.5. The van der Waals surface area contributed by atoms with Crippen LogP contribution in [0.15, 0.2) is 48.5 Å². The number of rotatable bonds is 4. The van der Waals surface area contributed by atoms with E-state index in [0.29, 0.717) is 6.54 Å². The molecule has 0 spiro atoms. The van der Waals surface area contributed by atoms with Gasteiger partial charge in [-0.25, -0.2) is 0 Å². The molecular weight excluding hydrogens is 246 g/mol. The second-order valence-electron chi connectivity index (χ2n) is 5.20. The van der Waals surface area contributed by atoms with Crippen LogP contribution < -0.4 is 0 Å². The van der Waals surface area contributed by atoms with E-state index in [2.05, 4.69) is 31.2 Å². The van der Waals surface area contributed by atoms with E-state index < -0.39 is 0 Å². The van der Waals surface area contributed by atoms with Crippen molar-refractivity contribution in [3.8, 4) is 0 Å². The lowest BCUT2D eigenvalue weighted by atomic mass is 10.1. The number of carbonyl (C=O) groups excluding carboxylic acids is 1. The number of aryl methyl sites for hydroxylation is 2. The van der Waals surface area contributed by atoms with Gasteiger partial charge in [0.25, 0.3) is 5.91 Å². The number of carbonyl (C=O) groups is 1. The topological polar surface area (TPSA) is 20.3 Å². The Bertz CT molecular complexity index is 569. The summed E-state index contributed by atoms with van der Waals surface area (Å²) in [6, 6.07) is 16.1. The highest BCUT2D eigenvalue weighted by Crippen LogP contribution is 2.11. The molecule has 0 aliphatic carbocycles. The fraction of sp³-hybridized carbons (Fsp3) is 0.278. The van der Waals surface area contributed by atoms with Crippen LogP contribution in [0.4, 0.5) is 0 Å². The van der Waals surface area contributed by atoms with Crippen molar-refractivity contribution >= 4 is 5.91 Å². The molecule has 0 saturated heterocycles. The monoisotopic (exact) mass is 267 g/mol. The first-order valence-electron chi connectivity index (χ1n) is 7.00. The summed E-state index contributed by atoms with van der Waals surface area (Å²) in [4.78, 5) is 14.1. The molecule has 0 heterocycles. The van der Waals surface area contributed by atoms with Crippen LogP contribution in [0.5, 0.6) is 0 Å². The van der Waals surface area contributed by atoms with Crippen LogP contribution in [0.3, 0.4) is 0 Å². The molecule has 0 N–H and O–H groups in total. The lowest BCUT2D eigenvalue weighted by Crippen LogP contribution is -2.26. The summed E-state index contributed by atoms with van der Waals surface area (Å²) in [5.74, 6) is 0.0598. The molecule has 0 unspecified atom stereocenters. The molecule has 0 radical (unpaired) electrons. The molecule has 20 heavy (non-hydrogen) atoms. The van der Waals surface area contributed by atoms with Crippen molar-refractivity contribution in [1.29, 1.82) is 0 Å². The largest absolute Gasteiger partial charge is 0.337 e. The molecule has 0 aliphatic heterocycles. The van der Waals surface area contributed by atoms with E-state index in [1.54, 1.807) is 4.90 Å². The summed E-state index contributed by atoms with van der Waals surface area (Å²) < 4.78 is 0. The maximum atomic E-state index is 12.3. The number of nitrogens with zero attached hydrogens (tertiary/aromatic N) is 1. The van der Waals surface area contributed by atoms with Gasteiger partial charge >= 0.3 is 0 Å². The average Bonchev–Trinajstić information content (AvgIpc) is 2.48. The minimum atomic E-state index is 0.0598. The third kappa shape index (κ3) is 3.47. The smallest absolute Gasteiger partial charge is 0.253 e. The van der Waals surface area contributed by atoms with Crippen LogP contribution in [0.2, 0.25) is 0 Å². The van der Waals surface area contributed by atoms with Gasteiger partial charge in [-0.2, -0.15) is 0 Å². The second-order valence-corrected chi connectivity index (χ2v) is 5.20. The molecule has 0 fully saturated rings. The predicted octanol–water partition coefficient (Wildman–Crippen LogP) is 3.83. The Kier molecular flexibility index (Phi) is 4.57. The first-order chi connectivity index (χ1) is 9.60. The van der Waals surface area contributed by atoms with Gasteiger partial charge in [-0.1, -0.05) is 48.9 Å². The third-order valence-electron chi connectivity index (χ3n) is 3.50. The first kappa shape index (κ1) is 14.3. The zero-order valence-electron chi connectivity index (χ0n) is 12.4. The molecule has 2 nitrogen and oxygen atoms in total. The summed E-state index contributed by atoms with van der Waals surface area (Å²) in [5, 5.41) is 0. The predicted molar refractivity (Wildman–Crippen MR) is 82.8 cm³/mol. The Hall–Kier alpha value is -2.09. The number of hydrogen-bond acceptors (Lipinski definition) is 1. The van der Waals surface area contributed by atoms with E-state index >= 15 is 0 Å². The van der Waals surface area contributed by atoms with Crippen LogP contribution in [0.1, 0.15) is 34.0 Å². The molecule has 0 atom stereocenters. The minimum Gasteiger partial charge on any atom is -0.337 e. The molecule has 1 amide bonds. The summed E-state index contributed by atoms with van der Waals surface area (Å²) >= 11 is 0. The van der Waals surface area contributed by atoms with Gasteiger partial charge in [-0.3, -0.25) is 4.79 Å². The van der Waals surface area contributed by atoms with Crippen LogP contribution >= 0.6 is 0 Å². The van der Waals surface area contributed by atoms with Gasteiger partial charge in [-0.15, -0.1) is 0 Å². The van der Waals surface area contributed by atoms with Gasteiger partial charge in [0.2, 0.25) is 0 Å². The second kappa shape index (κ2) is 6.38. The van der Waals surface area contributed by atoms with Gasteiger partial charge in [-0.05, 0) is 36.6 Å². The van der Waals surface area contributed by atoms with Gasteiger partial charge in [0.1, 0.15) is 0 Å². The van der Waals surface area contributed by atoms with Crippen molar-refractivity contribution in [3.63, 3.8) is 0 Å². The molecule has 0 bridgehead atoms. The quantitative estimate of drug-likeness (QED) is 0.824. The summed E-state index contributed by atoms with van der Waals surface area (Å²) in [7, 11) is 1.84. The van der Waals surface area contributed by atoms with Crippen molar-refractivity contribution in [1.82, 2.24) is 4.90 Å². The van der Waals surface area contributed by atoms with Crippen LogP contribution in [0.25, 0.3) is 0 Å². The zero-order valence-corrected chi connectivity index (χ0v) is 12.4. The Morgan fingerprint density at radius 2 is 1.50 bits per heavy atom. The summed E-state index contributed by atoms with van der Waals surface area (Å²) in [6.07, 6.45) is 1.04. The number of amides is 1. The maximum Gasteiger partial charge on any atom is 0.253 e. The minimum absolute atomic E-state index is 0.0598. The number of benzene rings is 2. The van der Waals surface area contributed by atoms with Gasteiger partial charge < -0.3 is 4.90 Å². The molecule has 0 saturated carbocycles. The van der Waals surface area contributed by atoms with Crippen molar-refractivity contribution in [2.75, 3.05) is 7.05 Å². The van der Waals surface area contributed by atoms with Crippen molar-refractivity contribution in [2.24, 2.45) is 0 Å². The Balaban J connectivity index is 2.04. The normalized spacial score (nSPS) is 10.3. The van der Waals surface area contributed by atoms with Crippen molar-refractivity contribution < 1.29 is 4.79 Å². The Morgan fingerprint density at radius 3 is 2.05 bits per heavy atom. The Morgan fingerprint density at radius 1 is 0.950 bits per heavy atom. The first-order valence-corrected chi connectivity index (χ1v) is 7.00. The molecule has 0 aromatic heterocycles. The average molecular weight is 267 g/mol. The van der Waals surface area contributed by atoms with Crippen LogP contribution in [-0.2, 0) is 13.0 Å². The maximum absolute atomic E-state index is 12.3. The Labute approximate surface area is 121 Å².